The molecule has 1 saturated heterocycles. The van der Waals surface area contributed by atoms with Gasteiger partial charge in [0.25, 0.3) is 0 Å². The number of hydrogen-bond acceptors (Lipinski definition) is 7. The van der Waals surface area contributed by atoms with Crippen molar-refractivity contribution < 1.29 is 14.3 Å². The first-order chi connectivity index (χ1) is 14.7. The van der Waals surface area contributed by atoms with Crippen LogP contribution in [0.25, 0.3) is 17.0 Å². The molecule has 2 aliphatic rings. The van der Waals surface area contributed by atoms with Gasteiger partial charge in [0.15, 0.2) is 0 Å². The van der Waals surface area contributed by atoms with Gasteiger partial charge in [-0.15, -0.1) is 0 Å². The summed E-state index contributed by atoms with van der Waals surface area (Å²) in [5.41, 5.74) is 1.81. The predicted octanol–water partition coefficient (Wildman–Crippen LogP) is 3.26. The zero-order chi connectivity index (χ0) is 20.8. The third-order valence-corrected chi connectivity index (χ3v) is 5.96. The Bertz CT molecular complexity index is 887. The van der Waals surface area contributed by atoms with Gasteiger partial charge in [0.1, 0.15) is 12.1 Å². The second-order valence-electron chi connectivity index (χ2n) is 7.88. The monoisotopic (exact) mass is 410 g/mol. The number of carbonyl (C=O) groups excluding carboxylic acids is 1. The summed E-state index contributed by atoms with van der Waals surface area (Å²) in [6.45, 7) is 6.00. The smallest absolute Gasteiger partial charge is 0.330 e. The van der Waals surface area contributed by atoms with Gasteiger partial charge in [0.05, 0.1) is 25.3 Å². The Morgan fingerprint density at radius 1 is 1.23 bits per heavy atom. The molecule has 1 aliphatic carbocycles. The van der Waals surface area contributed by atoms with E-state index in [0.29, 0.717) is 18.7 Å². The van der Waals surface area contributed by atoms with Gasteiger partial charge in [-0.25, -0.2) is 14.8 Å². The van der Waals surface area contributed by atoms with E-state index in [2.05, 4.69) is 20.2 Å². The molecular formula is C23H30N4O3. The van der Waals surface area contributed by atoms with Crippen molar-refractivity contribution in [3.05, 3.63) is 36.2 Å². The summed E-state index contributed by atoms with van der Waals surface area (Å²) >= 11 is 0. The van der Waals surface area contributed by atoms with Crippen molar-refractivity contribution in [2.75, 3.05) is 38.2 Å². The molecule has 30 heavy (non-hydrogen) atoms. The first-order valence-electron chi connectivity index (χ1n) is 10.9. The van der Waals surface area contributed by atoms with Gasteiger partial charge in [-0.1, -0.05) is 6.07 Å². The van der Waals surface area contributed by atoms with Gasteiger partial charge in [-0.3, -0.25) is 4.90 Å². The Hall–Kier alpha value is -2.51. The number of fused-ring (bicyclic) bond motifs is 1. The van der Waals surface area contributed by atoms with E-state index in [-0.39, 0.29) is 5.97 Å². The van der Waals surface area contributed by atoms with Gasteiger partial charge in [0, 0.05) is 36.6 Å². The molecule has 1 saturated carbocycles. The van der Waals surface area contributed by atoms with Crippen molar-refractivity contribution in [2.45, 2.75) is 44.7 Å². The zero-order valence-corrected chi connectivity index (χ0v) is 17.5. The molecule has 0 radical (unpaired) electrons. The Labute approximate surface area is 177 Å². The van der Waals surface area contributed by atoms with Crippen LogP contribution >= 0.6 is 0 Å². The highest BCUT2D eigenvalue weighted by atomic mass is 16.5. The van der Waals surface area contributed by atoms with Crippen molar-refractivity contribution in [3.8, 4) is 0 Å². The molecule has 0 unspecified atom stereocenters. The summed E-state index contributed by atoms with van der Waals surface area (Å²) < 4.78 is 10.4. The number of anilines is 1. The van der Waals surface area contributed by atoms with Gasteiger partial charge in [0.2, 0.25) is 0 Å². The van der Waals surface area contributed by atoms with Gasteiger partial charge in [-0.2, -0.15) is 0 Å². The van der Waals surface area contributed by atoms with Crippen LogP contribution in [0.5, 0.6) is 0 Å². The normalized spacial score (nSPS) is 23.0. The lowest BCUT2D eigenvalue weighted by Crippen LogP contribution is -2.46. The quantitative estimate of drug-likeness (QED) is 0.579. The van der Waals surface area contributed by atoms with Crippen LogP contribution in [0.3, 0.4) is 0 Å². The minimum atomic E-state index is -0.336. The number of nitrogens with one attached hydrogen (secondary N) is 1. The van der Waals surface area contributed by atoms with E-state index in [1.54, 1.807) is 19.3 Å². The molecule has 160 valence electrons. The van der Waals surface area contributed by atoms with Crippen LogP contribution in [-0.4, -0.2) is 65.8 Å². The minimum absolute atomic E-state index is 0.336. The summed E-state index contributed by atoms with van der Waals surface area (Å²) in [4.78, 5) is 23.1. The number of hydrogen-bond donors (Lipinski definition) is 1. The molecule has 4 rings (SSSR count). The predicted molar refractivity (Wildman–Crippen MR) is 117 cm³/mol. The van der Waals surface area contributed by atoms with Crippen LogP contribution in [0.2, 0.25) is 0 Å². The Morgan fingerprint density at radius 2 is 2.03 bits per heavy atom. The Balaban J connectivity index is 1.42. The molecule has 0 bridgehead atoms. The van der Waals surface area contributed by atoms with Crippen LogP contribution in [0.4, 0.5) is 5.82 Å². The van der Waals surface area contributed by atoms with Crippen molar-refractivity contribution in [1.82, 2.24) is 14.9 Å². The van der Waals surface area contributed by atoms with E-state index < -0.39 is 0 Å². The molecular weight excluding hydrogens is 380 g/mol. The number of benzene rings is 1. The number of rotatable bonds is 6. The maximum Gasteiger partial charge on any atom is 0.330 e. The first-order valence-corrected chi connectivity index (χ1v) is 10.9. The lowest BCUT2D eigenvalue weighted by molar-refractivity contribution is -0.137. The summed E-state index contributed by atoms with van der Waals surface area (Å²) in [6, 6.07) is 7.02. The number of morpholine rings is 1. The molecule has 7 nitrogen and oxygen atoms in total. The molecule has 2 heterocycles. The van der Waals surface area contributed by atoms with Crippen molar-refractivity contribution in [1.29, 1.82) is 0 Å². The highest BCUT2D eigenvalue weighted by molar-refractivity contribution is 5.92. The summed E-state index contributed by atoms with van der Waals surface area (Å²) in [5, 5.41) is 4.62. The third kappa shape index (κ3) is 5.15. The van der Waals surface area contributed by atoms with Gasteiger partial charge in [-0.05, 0) is 56.4 Å². The van der Waals surface area contributed by atoms with Crippen LogP contribution in [0.15, 0.2) is 30.6 Å². The molecule has 1 aliphatic heterocycles. The SMILES string of the molecule is CCOC(=O)/C=C/c1ccc2ncnc(NC3CCC(N4CCOCC4)CC3)c2c1. The topological polar surface area (TPSA) is 76.6 Å². The third-order valence-electron chi connectivity index (χ3n) is 5.96. The fourth-order valence-electron chi connectivity index (χ4n) is 4.37. The molecule has 7 heteroatoms. The van der Waals surface area contributed by atoms with E-state index in [1.807, 2.05) is 18.2 Å². The van der Waals surface area contributed by atoms with Gasteiger partial charge >= 0.3 is 5.97 Å². The fraction of sp³-hybridized carbons (Fsp3) is 0.522. The molecule has 0 atom stereocenters. The zero-order valence-electron chi connectivity index (χ0n) is 17.5. The molecule has 2 aromatic rings. The average molecular weight is 411 g/mol. The Morgan fingerprint density at radius 3 is 2.80 bits per heavy atom. The van der Waals surface area contributed by atoms with Crippen LogP contribution in [0, 0.1) is 0 Å². The summed E-state index contributed by atoms with van der Waals surface area (Å²) in [6.07, 6.45) is 9.50. The average Bonchev–Trinajstić information content (AvgIpc) is 2.79. The molecule has 0 spiro atoms. The molecule has 2 fully saturated rings. The molecule has 0 amide bonds. The van der Waals surface area contributed by atoms with Crippen molar-refractivity contribution >= 4 is 28.8 Å². The van der Waals surface area contributed by atoms with Gasteiger partial charge < -0.3 is 14.8 Å². The van der Waals surface area contributed by atoms with Crippen LogP contribution < -0.4 is 5.32 Å². The maximum absolute atomic E-state index is 11.6. The van der Waals surface area contributed by atoms with E-state index >= 15 is 0 Å². The lowest BCUT2D eigenvalue weighted by atomic mass is 9.90. The standard InChI is InChI=1S/C23H30N4O3/c1-2-30-22(28)10-4-17-3-9-21-20(15-17)23(25-16-24-21)26-18-5-7-19(8-6-18)27-11-13-29-14-12-27/h3-4,9-10,15-16,18-19H,2,5-8,11-14H2,1H3,(H,24,25,26)/b10-4+. The molecule has 1 N–H and O–H groups in total. The summed E-state index contributed by atoms with van der Waals surface area (Å²) in [5.74, 6) is 0.526. The second kappa shape index (κ2) is 10.00. The number of aromatic nitrogens is 2. The van der Waals surface area contributed by atoms with E-state index in [9.17, 15) is 4.79 Å². The largest absolute Gasteiger partial charge is 0.463 e. The maximum atomic E-state index is 11.6. The van der Waals surface area contributed by atoms with Crippen molar-refractivity contribution in [3.63, 3.8) is 0 Å². The van der Waals surface area contributed by atoms with E-state index in [4.69, 9.17) is 9.47 Å². The number of ether oxygens (including phenoxy) is 2. The molecule has 1 aromatic heterocycles. The second-order valence-corrected chi connectivity index (χ2v) is 7.88. The highest BCUT2D eigenvalue weighted by Crippen LogP contribution is 2.28. The summed E-state index contributed by atoms with van der Waals surface area (Å²) in [7, 11) is 0. The molecule has 1 aromatic carbocycles. The fourth-order valence-corrected chi connectivity index (χ4v) is 4.37. The minimum Gasteiger partial charge on any atom is -0.463 e. The van der Waals surface area contributed by atoms with Crippen LogP contribution in [-0.2, 0) is 14.3 Å². The number of nitrogens with zero attached hydrogens (tertiary/aromatic N) is 3. The lowest BCUT2D eigenvalue weighted by Gasteiger charge is -2.39. The van der Waals surface area contributed by atoms with E-state index in [1.165, 1.54) is 18.9 Å². The number of esters is 1. The van der Waals surface area contributed by atoms with Crippen molar-refractivity contribution in [2.24, 2.45) is 0 Å². The Kier molecular flexibility index (Phi) is 6.92. The highest BCUT2D eigenvalue weighted by Gasteiger charge is 2.27. The van der Waals surface area contributed by atoms with E-state index in [0.717, 1.165) is 61.4 Å². The first kappa shape index (κ1) is 20.8. The number of carbonyl (C=O) groups is 1. The van der Waals surface area contributed by atoms with Crippen LogP contribution in [0.1, 0.15) is 38.2 Å².